The van der Waals surface area contributed by atoms with Crippen molar-refractivity contribution in [2.24, 2.45) is 5.92 Å². The van der Waals surface area contributed by atoms with Crippen LogP contribution in [0.3, 0.4) is 0 Å². The molecule has 1 saturated carbocycles. The highest BCUT2D eigenvalue weighted by Crippen LogP contribution is 2.28. The normalized spacial score (nSPS) is 21.8. The molecular weight excluding hydrogens is 510 g/mol. The first kappa shape index (κ1) is 26.0. The molecule has 14 heteroatoms. The lowest BCUT2D eigenvalue weighted by molar-refractivity contribution is -0.137. The van der Waals surface area contributed by atoms with Gasteiger partial charge in [-0.05, 0) is 37.9 Å². The van der Waals surface area contributed by atoms with Gasteiger partial charge in [0.15, 0.2) is 5.01 Å². The minimum absolute atomic E-state index is 0.0344. The van der Waals surface area contributed by atoms with Crippen LogP contribution in [0.25, 0.3) is 0 Å². The van der Waals surface area contributed by atoms with Crippen LogP contribution in [-0.4, -0.2) is 83.2 Å². The van der Waals surface area contributed by atoms with Crippen LogP contribution in [0.5, 0.6) is 0 Å². The Balaban J connectivity index is 1.46. The molecule has 2 aromatic heterocycles. The topological polar surface area (TPSA) is 150 Å². The number of likely N-dealkylation sites (N-methyl/N-ethyl adjacent to an activating group) is 1. The fourth-order valence-corrected chi connectivity index (χ4v) is 5.66. The molecule has 0 radical (unpaired) electrons. The number of anilines is 1. The molecule has 2 aliphatic rings. The van der Waals surface area contributed by atoms with E-state index in [0.717, 1.165) is 30.1 Å². The predicted molar refractivity (Wildman–Crippen MR) is 132 cm³/mol. The summed E-state index contributed by atoms with van der Waals surface area (Å²) in [5, 5.41) is 8.18. The van der Waals surface area contributed by atoms with Gasteiger partial charge in [0, 0.05) is 50.4 Å². The SMILES string of the molecule is CN1CCc2nc(C(=O)N[C@@H]3C[C@@H](C(=O)N(C)C)CC[C@@H]3NC(=O)C(=O)Nc3ncc(Cl)o3)sc2C1. The van der Waals surface area contributed by atoms with E-state index in [2.05, 4.69) is 30.8 Å². The Hall–Kier alpha value is -3.03. The van der Waals surface area contributed by atoms with Crippen molar-refractivity contribution in [2.45, 2.75) is 44.3 Å². The maximum atomic E-state index is 13.1. The number of hydrogen-bond donors (Lipinski definition) is 3. The van der Waals surface area contributed by atoms with Crippen molar-refractivity contribution >= 4 is 52.6 Å². The molecule has 12 nitrogen and oxygen atoms in total. The Morgan fingerprint density at radius 3 is 2.64 bits per heavy atom. The predicted octanol–water partition coefficient (Wildman–Crippen LogP) is 0.883. The van der Waals surface area contributed by atoms with Crippen molar-refractivity contribution in [1.82, 2.24) is 30.4 Å². The third-order valence-corrected chi connectivity index (χ3v) is 7.55. The van der Waals surface area contributed by atoms with Crippen LogP contribution in [0.1, 0.15) is 39.6 Å². The van der Waals surface area contributed by atoms with Crippen LogP contribution in [0.4, 0.5) is 6.01 Å². The summed E-state index contributed by atoms with van der Waals surface area (Å²) in [5.74, 6) is -2.64. The van der Waals surface area contributed by atoms with E-state index in [1.165, 1.54) is 22.4 Å². The Morgan fingerprint density at radius 1 is 1.17 bits per heavy atom. The van der Waals surface area contributed by atoms with E-state index in [0.29, 0.717) is 24.3 Å². The molecule has 36 heavy (non-hydrogen) atoms. The molecule has 1 aliphatic carbocycles. The smallest absolute Gasteiger partial charge is 0.317 e. The van der Waals surface area contributed by atoms with E-state index >= 15 is 0 Å². The lowest BCUT2D eigenvalue weighted by Crippen LogP contribution is -2.57. The van der Waals surface area contributed by atoms with E-state index in [1.807, 2.05) is 7.05 Å². The summed E-state index contributed by atoms with van der Waals surface area (Å²) in [6.45, 7) is 1.62. The van der Waals surface area contributed by atoms with Crippen molar-refractivity contribution in [3.05, 3.63) is 27.0 Å². The van der Waals surface area contributed by atoms with Gasteiger partial charge in [0.2, 0.25) is 11.1 Å². The molecule has 4 amide bonds. The van der Waals surface area contributed by atoms with Crippen LogP contribution in [0, 0.1) is 5.92 Å². The van der Waals surface area contributed by atoms with Gasteiger partial charge < -0.3 is 24.9 Å². The standard InChI is InChI=1S/C22H28ClN7O5S/c1-29(2)21(34)11-4-5-12(25-17(31)18(32)28-22-24-9-16(23)35-22)14(8-11)26-19(33)20-27-13-6-7-30(3)10-15(13)36-20/h9,11-12,14H,4-8,10H2,1-3H3,(H,25,31)(H,26,33)(H,24,28,32)/t11-,12-,14+/m0/s1. The number of thiazole rings is 1. The maximum absolute atomic E-state index is 13.1. The van der Waals surface area contributed by atoms with E-state index in [9.17, 15) is 19.2 Å². The molecular formula is C22H28ClN7O5S. The molecule has 3 atom stereocenters. The molecule has 1 fully saturated rings. The van der Waals surface area contributed by atoms with Crippen molar-refractivity contribution < 1.29 is 23.6 Å². The monoisotopic (exact) mass is 537 g/mol. The lowest BCUT2D eigenvalue weighted by atomic mass is 9.81. The summed E-state index contributed by atoms with van der Waals surface area (Å²) in [5.41, 5.74) is 0.931. The Bertz CT molecular complexity index is 1170. The number of oxazole rings is 1. The number of rotatable bonds is 5. The first-order chi connectivity index (χ1) is 17.1. The van der Waals surface area contributed by atoms with Gasteiger partial charge in [0.05, 0.1) is 17.9 Å². The van der Waals surface area contributed by atoms with Crippen LogP contribution >= 0.6 is 22.9 Å². The Kier molecular flexibility index (Phi) is 7.91. The van der Waals surface area contributed by atoms with Crippen LogP contribution < -0.4 is 16.0 Å². The first-order valence-corrected chi connectivity index (χ1v) is 12.7. The molecule has 3 heterocycles. The molecule has 194 valence electrons. The fraction of sp³-hybridized carbons (Fsp3) is 0.545. The van der Waals surface area contributed by atoms with Gasteiger partial charge in [-0.15, -0.1) is 11.3 Å². The number of hydrogen-bond acceptors (Lipinski definition) is 9. The van der Waals surface area contributed by atoms with Gasteiger partial charge >= 0.3 is 17.8 Å². The van der Waals surface area contributed by atoms with Gasteiger partial charge in [0.1, 0.15) is 0 Å². The average molecular weight is 538 g/mol. The molecule has 0 saturated heterocycles. The molecule has 0 spiro atoms. The van der Waals surface area contributed by atoms with E-state index in [1.54, 1.807) is 14.1 Å². The second kappa shape index (κ2) is 10.9. The number of carbonyl (C=O) groups is 4. The molecule has 1 aliphatic heterocycles. The van der Waals surface area contributed by atoms with Gasteiger partial charge in [0.25, 0.3) is 5.91 Å². The third-order valence-electron chi connectivity index (χ3n) is 6.29. The van der Waals surface area contributed by atoms with Gasteiger partial charge in [-0.2, -0.15) is 0 Å². The fourth-order valence-electron chi connectivity index (χ4n) is 4.44. The zero-order valence-corrected chi connectivity index (χ0v) is 21.7. The minimum Gasteiger partial charge on any atom is -0.411 e. The number of carbonyl (C=O) groups excluding carboxylic acids is 4. The highest BCUT2D eigenvalue weighted by Gasteiger charge is 2.37. The highest BCUT2D eigenvalue weighted by atomic mass is 35.5. The van der Waals surface area contributed by atoms with Crippen molar-refractivity contribution in [3.63, 3.8) is 0 Å². The Morgan fingerprint density at radius 2 is 1.94 bits per heavy atom. The van der Waals surface area contributed by atoms with E-state index in [4.69, 9.17) is 16.0 Å². The number of amides is 4. The molecule has 4 rings (SSSR count). The van der Waals surface area contributed by atoms with Crippen LogP contribution in [0.15, 0.2) is 10.6 Å². The molecule has 0 aromatic carbocycles. The minimum atomic E-state index is -0.984. The molecule has 2 aromatic rings. The van der Waals surface area contributed by atoms with Gasteiger partial charge in [-0.3, -0.25) is 24.5 Å². The molecule has 3 N–H and O–H groups in total. The third kappa shape index (κ3) is 6.02. The quantitative estimate of drug-likeness (QED) is 0.476. The second-order valence-electron chi connectivity index (χ2n) is 9.20. The lowest BCUT2D eigenvalue weighted by Gasteiger charge is -2.36. The van der Waals surface area contributed by atoms with E-state index < -0.39 is 23.9 Å². The maximum Gasteiger partial charge on any atom is 0.317 e. The zero-order valence-electron chi connectivity index (χ0n) is 20.2. The number of fused-ring (bicyclic) bond motifs is 1. The number of nitrogens with zero attached hydrogens (tertiary/aromatic N) is 4. The van der Waals surface area contributed by atoms with Crippen molar-refractivity contribution in [1.29, 1.82) is 0 Å². The molecule has 0 bridgehead atoms. The average Bonchev–Trinajstić information content (AvgIpc) is 3.44. The van der Waals surface area contributed by atoms with Gasteiger partial charge in [-0.1, -0.05) is 0 Å². The second-order valence-corrected chi connectivity index (χ2v) is 10.7. The zero-order chi connectivity index (χ0) is 26.0. The largest absolute Gasteiger partial charge is 0.411 e. The molecule has 0 unspecified atom stereocenters. The van der Waals surface area contributed by atoms with Crippen LogP contribution in [0.2, 0.25) is 5.22 Å². The van der Waals surface area contributed by atoms with Crippen molar-refractivity contribution in [3.8, 4) is 0 Å². The summed E-state index contributed by atoms with van der Waals surface area (Å²) in [4.78, 5) is 63.7. The summed E-state index contributed by atoms with van der Waals surface area (Å²) < 4.78 is 4.96. The van der Waals surface area contributed by atoms with Crippen molar-refractivity contribution in [2.75, 3.05) is 33.0 Å². The summed E-state index contributed by atoms with van der Waals surface area (Å²) in [7, 11) is 5.38. The number of aromatic nitrogens is 2. The summed E-state index contributed by atoms with van der Waals surface area (Å²) in [6.07, 6.45) is 3.19. The Labute approximate surface area is 216 Å². The van der Waals surface area contributed by atoms with Crippen LogP contribution in [-0.2, 0) is 27.3 Å². The first-order valence-electron chi connectivity index (χ1n) is 11.5. The summed E-state index contributed by atoms with van der Waals surface area (Å²) in [6, 6.07) is -1.34. The van der Waals surface area contributed by atoms with E-state index in [-0.39, 0.29) is 29.0 Å². The number of nitrogens with one attached hydrogen (secondary N) is 3. The highest BCUT2D eigenvalue weighted by molar-refractivity contribution is 7.13. The van der Waals surface area contributed by atoms with Gasteiger partial charge in [-0.25, -0.2) is 9.97 Å². The number of halogens is 1. The summed E-state index contributed by atoms with van der Waals surface area (Å²) >= 11 is 6.99.